The minimum absolute atomic E-state index is 0.365. The Morgan fingerprint density at radius 1 is 1.10 bits per heavy atom. The van der Waals surface area contributed by atoms with Crippen LogP contribution < -0.4 is 5.73 Å². The van der Waals surface area contributed by atoms with Crippen molar-refractivity contribution in [3.05, 3.63) is 22.3 Å². The first-order valence-electron chi connectivity index (χ1n) is 8.00. The zero-order chi connectivity index (χ0) is 14.3. The van der Waals surface area contributed by atoms with Crippen LogP contribution in [0.1, 0.15) is 61.2 Å². The maximum Gasteiger partial charge on any atom is 0.268 e. The number of hydrogen-bond donors (Lipinski definition) is 1. The highest BCUT2D eigenvalue weighted by atomic mass is 32.1. The summed E-state index contributed by atoms with van der Waals surface area (Å²) in [6, 6.07) is 2.25. The molecule has 0 radical (unpaired) electrons. The van der Waals surface area contributed by atoms with Gasteiger partial charge in [0, 0.05) is 4.88 Å². The normalized spacial score (nSPS) is 21.2. The van der Waals surface area contributed by atoms with E-state index in [1.165, 1.54) is 42.5 Å². The van der Waals surface area contributed by atoms with Gasteiger partial charge in [-0.2, -0.15) is 4.98 Å². The topological polar surface area (TPSA) is 64.9 Å². The summed E-state index contributed by atoms with van der Waals surface area (Å²) < 4.78 is 5.51. The SMILES string of the molecule is NC1(c2noc(-c3cc4c(s3)CCCCC4)n2)CCCC1. The second kappa shape index (κ2) is 5.21. The molecule has 0 amide bonds. The maximum atomic E-state index is 6.41. The van der Waals surface area contributed by atoms with Crippen molar-refractivity contribution in [1.29, 1.82) is 0 Å². The summed E-state index contributed by atoms with van der Waals surface area (Å²) in [6.45, 7) is 0. The van der Waals surface area contributed by atoms with Crippen LogP contribution in [-0.2, 0) is 18.4 Å². The van der Waals surface area contributed by atoms with Crippen molar-refractivity contribution in [1.82, 2.24) is 10.1 Å². The predicted molar refractivity (Wildman–Crippen MR) is 83.2 cm³/mol. The first kappa shape index (κ1) is 13.5. The second-order valence-corrected chi connectivity index (χ2v) is 7.54. The van der Waals surface area contributed by atoms with Crippen molar-refractivity contribution in [2.24, 2.45) is 5.73 Å². The average Bonchev–Trinajstić information content (AvgIpc) is 3.17. The van der Waals surface area contributed by atoms with Crippen molar-refractivity contribution in [2.75, 3.05) is 0 Å². The molecule has 2 aromatic rings. The van der Waals surface area contributed by atoms with Crippen LogP contribution in [0.5, 0.6) is 0 Å². The highest BCUT2D eigenvalue weighted by Gasteiger charge is 2.36. The van der Waals surface area contributed by atoms with Crippen LogP contribution in [0.2, 0.25) is 0 Å². The molecule has 0 aliphatic heterocycles. The molecule has 112 valence electrons. The summed E-state index contributed by atoms with van der Waals surface area (Å²) >= 11 is 1.82. The first-order valence-corrected chi connectivity index (χ1v) is 8.81. The summed E-state index contributed by atoms with van der Waals surface area (Å²) in [5, 5.41) is 4.17. The Labute approximate surface area is 128 Å². The number of thiophene rings is 1. The van der Waals surface area contributed by atoms with E-state index in [2.05, 4.69) is 16.2 Å². The minimum Gasteiger partial charge on any atom is -0.333 e. The van der Waals surface area contributed by atoms with Gasteiger partial charge in [0.2, 0.25) is 0 Å². The molecule has 2 aliphatic rings. The van der Waals surface area contributed by atoms with E-state index in [0.717, 1.165) is 30.6 Å². The highest BCUT2D eigenvalue weighted by molar-refractivity contribution is 7.15. The van der Waals surface area contributed by atoms with Gasteiger partial charge >= 0.3 is 0 Å². The van der Waals surface area contributed by atoms with Gasteiger partial charge in [-0.1, -0.05) is 24.4 Å². The van der Waals surface area contributed by atoms with Gasteiger partial charge in [0.25, 0.3) is 5.89 Å². The fourth-order valence-electron chi connectivity index (χ4n) is 3.53. The summed E-state index contributed by atoms with van der Waals surface area (Å²) in [6.07, 6.45) is 10.6. The highest BCUT2D eigenvalue weighted by Crippen LogP contribution is 2.38. The van der Waals surface area contributed by atoms with Crippen molar-refractivity contribution in [3.8, 4) is 10.8 Å². The zero-order valence-electron chi connectivity index (χ0n) is 12.2. The molecular weight excluding hydrogens is 282 g/mol. The number of hydrogen-bond acceptors (Lipinski definition) is 5. The number of aryl methyl sites for hydroxylation is 2. The van der Waals surface area contributed by atoms with Crippen molar-refractivity contribution in [3.63, 3.8) is 0 Å². The van der Waals surface area contributed by atoms with E-state index in [1.807, 2.05) is 11.3 Å². The molecule has 2 aliphatic carbocycles. The maximum absolute atomic E-state index is 6.41. The van der Waals surface area contributed by atoms with E-state index < -0.39 is 0 Å². The minimum atomic E-state index is -0.365. The molecule has 1 saturated carbocycles. The summed E-state index contributed by atoms with van der Waals surface area (Å²) in [7, 11) is 0. The average molecular weight is 303 g/mol. The molecule has 0 spiro atoms. The molecule has 4 nitrogen and oxygen atoms in total. The van der Waals surface area contributed by atoms with Gasteiger partial charge in [0.05, 0.1) is 10.4 Å². The Morgan fingerprint density at radius 2 is 1.90 bits per heavy atom. The van der Waals surface area contributed by atoms with Crippen molar-refractivity contribution >= 4 is 11.3 Å². The van der Waals surface area contributed by atoms with Crippen LogP contribution in [0.25, 0.3) is 10.8 Å². The van der Waals surface area contributed by atoms with Gasteiger partial charge in [-0.3, -0.25) is 0 Å². The molecule has 0 atom stereocenters. The van der Waals surface area contributed by atoms with E-state index in [9.17, 15) is 0 Å². The monoisotopic (exact) mass is 303 g/mol. The van der Waals surface area contributed by atoms with Gasteiger partial charge < -0.3 is 10.3 Å². The lowest BCUT2D eigenvalue weighted by atomic mass is 9.99. The quantitative estimate of drug-likeness (QED) is 0.857. The molecule has 0 aromatic carbocycles. The fourth-order valence-corrected chi connectivity index (χ4v) is 4.70. The Kier molecular flexibility index (Phi) is 3.34. The summed E-state index contributed by atoms with van der Waals surface area (Å²) in [5.74, 6) is 1.35. The number of aromatic nitrogens is 2. The molecular formula is C16H21N3OS. The number of rotatable bonds is 2. The van der Waals surface area contributed by atoms with E-state index in [0.29, 0.717) is 11.7 Å². The van der Waals surface area contributed by atoms with E-state index >= 15 is 0 Å². The predicted octanol–water partition coefficient (Wildman–Crippen LogP) is 3.80. The molecule has 0 unspecified atom stereocenters. The van der Waals surface area contributed by atoms with Crippen LogP contribution >= 0.6 is 11.3 Å². The number of nitrogens with zero attached hydrogens (tertiary/aromatic N) is 2. The molecule has 4 rings (SSSR count). The van der Waals surface area contributed by atoms with Crippen LogP contribution in [0.4, 0.5) is 0 Å². The number of nitrogens with two attached hydrogens (primary N) is 1. The van der Waals surface area contributed by atoms with Crippen molar-refractivity contribution in [2.45, 2.75) is 63.3 Å². The lowest BCUT2D eigenvalue weighted by Crippen LogP contribution is -2.34. The molecule has 21 heavy (non-hydrogen) atoms. The Bertz CT molecular complexity index is 616. The Balaban J connectivity index is 1.64. The number of fused-ring (bicyclic) bond motifs is 1. The van der Waals surface area contributed by atoms with E-state index in [-0.39, 0.29) is 5.54 Å². The second-order valence-electron chi connectivity index (χ2n) is 6.41. The molecule has 5 heteroatoms. The zero-order valence-corrected chi connectivity index (χ0v) is 13.0. The lowest BCUT2D eigenvalue weighted by molar-refractivity contribution is 0.373. The smallest absolute Gasteiger partial charge is 0.268 e. The van der Waals surface area contributed by atoms with E-state index in [1.54, 1.807) is 0 Å². The summed E-state index contributed by atoms with van der Waals surface area (Å²) in [5.41, 5.74) is 7.53. The van der Waals surface area contributed by atoms with Gasteiger partial charge in [-0.05, 0) is 50.2 Å². The van der Waals surface area contributed by atoms with Gasteiger partial charge in [-0.25, -0.2) is 0 Å². The molecule has 2 aromatic heterocycles. The standard InChI is InChI=1S/C16H21N3OS/c17-16(8-4-5-9-16)15-18-14(20-19-15)13-10-11-6-2-1-3-7-12(11)21-13/h10H,1-9,17H2. The Hall–Kier alpha value is -1.20. The first-order chi connectivity index (χ1) is 10.2. The van der Waals surface area contributed by atoms with Gasteiger partial charge in [-0.15, -0.1) is 11.3 Å². The van der Waals surface area contributed by atoms with Gasteiger partial charge in [0.15, 0.2) is 5.82 Å². The molecule has 0 bridgehead atoms. The van der Waals surface area contributed by atoms with Crippen LogP contribution in [0.3, 0.4) is 0 Å². The molecule has 1 fully saturated rings. The van der Waals surface area contributed by atoms with Gasteiger partial charge in [0.1, 0.15) is 0 Å². The third kappa shape index (κ3) is 2.42. The third-order valence-electron chi connectivity index (χ3n) is 4.82. The lowest BCUT2D eigenvalue weighted by Gasteiger charge is -2.17. The third-order valence-corrected chi connectivity index (χ3v) is 6.05. The van der Waals surface area contributed by atoms with Crippen molar-refractivity contribution < 1.29 is 4.52 Å². The van der Waals surface area contributed by atoms with Crippen LogP contribution in [0.15, 0.2) is 10.6 Å². The molecule has 0 saturated heterocycles. The van der Waals surface area contributed by atoms with E-state index in [4.69, 9.17) is 10.3 Å². The fraction of sp³-hybridized carbons (Fsp3) is 0.625. The molecule has 2 heterocycles. The summed E-state index contributed by atoms with van der Waals surface area (Å²) in [4.78, 5) is 7.23. The Morgan fingerprint density at radius 3 is 2.76 bits per heavy atom. The van der Waals surface area contributed by atoms with Crippen LogP contribution in [-0.4, -0.2) is 10.1 Å². The van der Waals surface area contributed by atoms with Crippen LogP contribution in [0, 0.1) is 0 Å². The largest absolute Gasteiger partial charge is 0.333 e. The molecule has 2 N–H and O–H groups in total.